The van der Waals surface area contributed by atoms with E-state index in [-0.39, 0.29) is 17.6 Å². The standard InChI is InChI=1S/C20H16BrNO3/c1-25-18-8-13(15(21)10-17(18)23)14-9-19(24)22-16-7-6-11-4-2-3-5-12(11)20(14)16/h2-8,10,14,23H,9H2,1H3,(H,22,24)/t14-/m0/s1. The van der Waals surface area contributed by atoms with Crippen molar-refractivity contribution < 1.29 is 14.6 Å². The predicted octanol–water partition coefficient (Wildman–Crippen LogP) is 4.79. The fourth-order valence-electron chi connectivity index (χ4n) is 3.52. The Labute approximate surface area is 153 Å². The summed E-state index contributed by atoms with van der Waals surface area (Å²) in [5, 5.41) is 15.2. The Hall–Kier alpha value is -2.53. The Bertz CT molecular complexity index is 1000. The van der Waals surface area contributed by atoms with Crippen molar-refractivity contribution in [1.29, 1.82) is 0 Å². The van der Waals surface area contributed by atoms with E-state index in [0.29, 0.717) is 12.2 Å². The number of ether oxygens (including phenoxy) is 1. The summed E-state index contributed by atoms with van der Waals surface area (Å²) in [5.41, 5.74) is 2.84. The molecule has 0 unspecified atom stereocenters. The van der Waals surface area contributed by atoms with Crippen LogP contribution in [0.15, 0.2) is 53.0 Å². The molecule has 0 saturated heterocycles. The van der Waals surface area contributed by atoms with Crippen molar-refractivity contribution >= 4 is 38.3 Å². The van der Waals surface area contributed by atoms with Gasteiger partial charge in [-0.05, 0) is 40.1 Å². The van der Waals surface area contributed by atoms with Crippen LogP contribution < -0.4 is 10.1 Å². The van der Waals surface area contributed by atoms with Crippen LogP contribution in [0, 0.1) is 0 Å². The zero-order chi connectivity index (χ0) is 17.6. The number of amides is 1. The summed E-state index contributed by atoms with van der Waals surface area (Å²) in [4.78, 5) is 12.3. The predicted molar refractivity (Wildman–Crippen MR) is 101 cm³/mol. The van der Waals surface area contributed by atoms with Gasteiger partial charge in [0.15, 0.2) is 11.5 Å². The normalized spacial score (nSPS) is 16.4. The second-order valence-electron chi connectivity index (χ2n) is 6.10. The lowest BCUT2D eigenvalue weighted by Crippen LogP contribution is -2.24. The van der Waals surface area contributed by atoms with Gasteiger partial charge < -0.3 is 15.2 Å². The number of rotatable bonds is 2. The summed E-state index contributed by atoms with van der Waals surface area (Å²) < 4.78 is 6.02. The van der Waals surface area contributed by atoms with Crippen molar-refractivity contribution in [3.8, 4) is 11.5 Å². The molecule has 0 aliphatic carbocycles. The number of carbonyl (C=O) groups excluding carboxylic acids is 1. The quantitative estimate of drug-likeness (QED) is 0.653. The molecule has 4 rings (SSSR count). The van der Waals surface area contributed by atoms with E-state index >= 15 is 0 Å². The van der Waals surface area contributed by atoms with Crippen molar-refractivity contribution in [2.45, 2.75) is 12.3 Å². The second kappa shape index (κ2) is 6.08. The van der Waals surface area contributed by atoms with E-state index in [4.69, 9.17) is 4.74 Å². The van der Waals surface area contributed by atoms with Gasteiger partial charge in [0, 0.05) is 22.5 Å². The van der Waals surface area contributed by atoms with Gasteiger partial charge in [0.2, 0.25) is 5.91 Å². The van der Waals surface area contributed by atoms with Gasteiger partial charge in [0.1, 0.15) is 0 Å². The van der Waals surface area contributed by atoms with Crippen LogP contribution in [-0.4, -0.2) is 18.1 Å². The molecule has 1 heterocycles. The molecular formula is C20H16BrNO3. The second-order valence-corrected chi connectivity index (χ2v) is 6.95. The Morgan fingerprint density at radius 1 is 1.20 bits per heavy atom. The molecule has 1 amide bonds. The summed E-state index contributed by atoms with van der Waals surface area (Å²) in [6.07, 6.45) is 0.341. The maximum absolute atomic E-state index is 12.3. The lowest BCUT2D eigenvalue weighted by atomic mass is 9.82. The number of hydrogen-bond acceptors (Lipinski definition) is 3. The van der Waals surface area contributed by atoms with Gasteiger partial charge in [-0.25, -0.2) is 0 Å². The Balaban J connectivity index is 1.99. The number of aromatic hydroxyl groups is 1. The maximum Gasteiger partial charge on any atom is 0.225 e. The number of benzene rings is 3. The molecule has 5 heteroatoms. The molecule has 2 N–H and O–H groups in total. The first-order valence-electron chi connectivity index (χ1n) is 7.96. The highest BCUT2D eigenvalue weighted by atomic mass is 79.9. The minimum Gasteiger partial charge on any atom is -0.504 e. The number of phenols is 1. The summed E-state index contributed by atoms with van der Waals surface area (Å²) in [5.74, 6) is 0.313. The number of hydrogen-bond donors (Lipinski definition) is 2. The van der Waals surface area contributed by atoms with Crippen LogP contribution in [0.25, 0.3) is 10.8 Å². The average Bonchev–Trinajstić information content (AvgIpc) is 2.61. The summed E-state index contributed by atoms with van der Waals surface area (Å²) in [6.45, 7) is 0. The first kappa shape index (κ1) is 16.0. The van der Waals surface area contributed by atoms with Crippen LogP contribution in [0.1, 0.15) is 23.5 Å². The van der Waals surface area contributed by atoms with Crippen LogP contribution in [0.4, 0.5) is 5.69 Å². The van der Waals surface area contributed by atoms with Crippen molar-refractivity contribution in [2.75, 3.05) is 12.4 Å². The van der Waals surface area contributed by atoms with E-state index in [1.807, 2.05) is 24.3 Å². The van der Waals surface area contributed by atoms with E-state index in [0.717, 1.165) is 32.1 Å². The Morgan fingerprint density at radius 3 is 2.80 bits per heavy atom. The third-order valence-corrected chi connectivity index (χ3v) is 5.34. The Morgan fingerprint density at radius 2 is 2.00 bits per heavy atom. The van der Waals surface area contributed by atoms with Crippen LogP contribution in [0.3, 0.4) is 0 Å². The Kier molecular flexibility index (Phi) is 3.88. The fourth-order valence-corrected chi connectivity index (χ4v) is 4.13. The third kappa shape index (κ3) is 2.65. The van der Waals surface area contributed by atoms with E-state index in [1.165, 1.54) is 7.11 Å². The highest BCUT2D eigenvalue weighted by molar-refractivity contribution is 9.10. The molecule has 3 aromatic rings. The number of methoxy groups -OCH3 is 1. The minimum atomic E-state index is -0.126. The molecule has 0 aromatic heterocycles. The minimum absolute atomic E-state index is 0.0216. The molecule has 0 radical (unpaired) electrons. The lowest BCUT2D eigenvalue weighted by molar-refractivity contribution is -0.116. The first-order valence-corrected chi connectivity index (χ1v) is 8.75. The highest BCUT2D eigenvalue weighted by Crippen LogP contribution is 2.45. The van der Waals surface area contributed by atoms with Crippen LogP contribution in [0.2, 0.25) is 0 Å². The maximum atomic E-state index is 12.3. The molecule has 3 aromatic carbocycles. The monoisotopic (exact) mass is 397 g/mol. The zero-order valence-corrected chi connectivity index (χ0v) is 15.1. The number of fused-ring (bicyclic) bond motifs is 3. The van der Waals surface area contributed by atoms with Crippen LogP contribution >= 0.6 is 15.9 Å². The smallest absolute Gasteiger partial charge is 0.225 e. The average molecular weight is 398 g/mol. The summed E-state index contributed by atoms with van der Waals surface area (Å²) in [7, 11) is 1.52. The number of carbonyl (C=O) groups is 1. The lowest BCUT2D eigenvalue weighted by Gasteiger charge is -2.28. The summed E-state index contributed by atoms with van der Waals surface area (Å²) in [6, 6.07) is 15.5. The molecule has 25 heavy (non-hydrogen) atoms. The summed E-state index contributed by atoms with van der Waals surface area (Å²) >= 11 is 3.53. The van der Waals surface area contributed by atoms with Gasteiger partial charge in [-0.1, -0.05) is 46.3 Å². The third-order valence-electron chi connectivity index (χ3n) is 4.66. The molecule has 0 spiro atoms. The molecule has 1 aliphatic rings. The topological polar surface area (TPSA) is 58.6 Å². The molecule has 1 aliphatic heterocycles. The van der Waals surface area contributed by atoms with Gasteiger partial charge in [0.25, 0.3) is 0 Å². The highest BCUT2D eigenvalue weighted by Gasteiger charge is 2.30. The molecule has 0 saturated carbocycles. The van der Waals surface area contributed by atoms with E-state index < -0.39 is 0 Å². The van der Waals surface area contributed by atoms with Crippen molar-refractivity contribution in [3.63, 3.8) is 0 Å². The molecular weight excluding hydrogens is 382 g/mol. The van der Waals surface area contributed by atoms with Gasteiger partial charge in [-0.3, -0.25) is 4.79 Å². The zero-order valence-electron chi connectivity index (χ0n) is 13.5. The molecule has 126 valence electrons. The van der Waals surface area contributed by atoms with Crippen molar-refractivity contribution in [2.24, 2.45) is 0 Å². The van der Waals surface area contributed by atoms with Crippen molar-refractivity contribution in [3.05, 3.63) is 64.1 Å². The number of anilines is 1. The van der Waals surface area contributed by atoms with Crippen LogP contribution in [-0.2, 0) is 4.79 Å². The van der Waals surface area contributed by atoms with E-state index in [9.17, 15) is 9.90 Å². The van der Waals surface area contributed by atoms with E-state index in [1.54, 1.807) is 12.1 Å². The van der Waals surface area contributed by atoms with E-state index in [2.05, 4.69) is 33.4 Å². The number of halogens is 1. The SMILES string of the molecule is COc1cc([C@@H]2CC(=O)Nc3ccc4ccccc4c32)c(Br)cc1O. The van der Waals surface area contributed by atoms with Gasteiger partial charge >= 0.3 is 0 Å². The number of phenolic OH excluding ortho intramolecular Hbond substituents is 1. The van der Waals surface area contributed by atoms with Gasteiger partial charge in [-0.2, -0.15) is 0 Å². The van der Waals surface area contributed by atoms with Gasteiger partial charge in [-0.15, -0.1) is 0 Å². The largest absolute Gasteiger partial charge is 0.504 e. The molecule has 0 fully saturated rings. The fraction of sp³-hybridized carbons (Fsp3) is 0.150. The van der Waals surface area contributed by atoms with Gasteiger partial charge in [0.05, 0.1) is 7.11 Å². The molecule has 4 nitrogen and oxygen atoms in total. The van der Waals surface area contributed by atoms with Crippen LogP contribution in [0.5, 0.6) is 11.5 Å². The van der Waals surface area contributed by atoms with Crippen molar-refractivity contribution in [1.82, 2.24) is 0 Å². The number of nitrogens with one attached hydrogen (secondary N) is 1. The molecule has 0 bridgehead atoms. The molecule has 1 atom stereocenters. The first-order chi connectivity index (χ1) is 12.1.